The molecule has 1 aliphatic rings. The van der Waals surface area contributed by atoms with E-state index in [-0.39, 0.29) is 5.50 Å². The van der Waals surface area contributed by atoms with Crippen molar-refractivity contribution < 1.29 is 0 Å². The van der Waals surface area contributed by atoms with Gasteiger partial charge in [0.25, 0.3) is 0 Å². The number of nitrogens with zero attached hydrogens (tertiary/aromatic N) is 2. The van der Waals surface area contributed by atoms with Crippen molar-refractivity contribution in [1.82, 2.24) is 0 Å². The maximum atomic E-state index is 6.11. The lowest BCUT2D eigenvalue weighted by molar-refractivity contribution is 0.959. The molecule has 3 nitrogen and oxygen atoms in total. The zero-order chi connectivity index (χ0) is 12.4. The molecule has 0 aromatic heterocycles. The monoisotopic (exact) mass is 255 g/mol. The van der Waals surface area contributed by atoms with Crippen molar-refractivity contribution in [2.75, 3.05) is 4.90 Å². The molecule has 2 N–H and O–H groups in total. The van der Waals surface area contributed by atoms with Gasteiger partial charge in [0, 0.05) is 23.2 Å². The van der Waals surface area contributed by atoms with Gasteiger partial charge in [-0.15, -0.1) is 0 Å². The molecule has 4 heteroatoms. The van der Waals surface area contributed by atoms with E-state index in [1.54, 1.807) is 0 Å². The van der Waals surface area contributed by atoms with Gasteiger partial charge in [0.15, 0.2) is 11.3 Å². The normalized spacial score (nSPS) is 18.8. The van der Waals surface area contributed by atoms with Gasteiger partial charge in [-0.05, 0) is 12.1 Å². The summed E-state index contributed by atoms with van der Waals surface area (Å²) < 4.78 is 4.48. The molecule has 0 fully saturated rings. The fraction of sp³-hybridized carbons (Fsp3) is 0.0714. The SMILES string of the molecule is NC1SN=C(c2ccccc2)N1c1ccccc1. The van der Waals surface area contributed by atoms with Gasteiger partial charge in [0.1, 0.15) is 0 Å². The van der Waals surface area contributed by atoms with Gasteiger partial charge in [0.2, 0.25) is 0 Å². The Morgan fingerprint density at radius 3 is 2.22 bits per heavy atom. The minimum Gasteiger partial charge on any atom is -0.301 e. The van der Waals surface area contributed by atoms with Gasteiger partial charge in [-0.25, -0.2) is 0 Å². The summed E-state index contributed by atoms with van der Waals surface area (Å²) in [5.74, 6) is 0.916. The molecule has 0 bridgehead atoms. The Bertz CT molecular complexity index is 554. The molecule has 1 aliphatic heterocycles. The van der Waals surface area contributed by atoms with E-state index in [4.69, 9.17) is 5.73 Å². The molecule has 1 heterocycles. The molecule has 0 saturated heterocycles. The molecule has 0 spiro atoms. The third-order valence-electron chi connectivity index (χ3n) is 2.80. The highest BCUT2D eigenvalue weighted by molar-refractivity contribution is 7.99. The van der Waals surface area contributed by atoms with Gasteiger partial charge in [0.05, 0.1) is 0 Å². The maximum Gasteiger partial charge on any atom is 0.153 e. The molecular weight excluding hydrogens is 242 g/mol. The van der Waals surface area contributed by atoms with Crippen molar-refractivity contribution in [3.63, 3.8) is 0 Å². The number of benzene rings is 2. The fourth-order valence-corrected chi connectivity index (χ4v) is 2.67. The topological polar surface area (TPSA) is 41.6 Å². The first-order valence-corrected chi connectivity index (χ1v) is 6.59. The summed E-state index contributed by atoms with van der Waals surface area (Å²) in [5.41, 5.74) is 8.10. The number of nitrogens with two attached hydrogens (primary N) is 1. The molecule has 0 radical (unpaired) electrons. The number of hydrogen-bond donors (Lipinski definition) is 1. The van der Waals surface area contributed by atoms with E-state index in [2.05, 4.69) is 9.30 Å². The largest absolute Gasteiger partial charge is 0.301 e. The Kier molecular flexibility index (Phi) is 3.04. The number of para-hydroxylation sites is 1. The van der Waals surface area contributed by atoms with Gasteiger partial charge in [-0.1, -0.05) is 48.5 Å². The van der Waals surface area contributed by atoms with E-state index in [9.17, 15) is 0 Å². The standard InChI is InChI=1S/C14H13N3S/c15-14-17(12-9-5-2-6-10-12)13(16-18-14)11-7-3-1-4-8-11/h1-10,14H,15H2. The van der Waals surface area contributed by atoms with Crippen LogP contribution in [0.25, 0.3) is 0 Å². The summed E-state index contributed by atoms with van der Waals surface area (Å²) in [4.78, 5) is 2.06. The van der Waals surface area contributed by atoms with Crippen LogP contribution >= 0.6 is 11.9 Å². The maximum absolute atomic E-state index is 6.11. The Morgan fingerprint density at radius 2 is 1.56 bits per heavy atom. The Morgan fingerprint density at radius 1 is 0.944 bits per heavy atom. The van der Waals surface area contributed by atoms with Crippen molar-refractivity contribution in [2.45, 2.75) is 5.50 Å². The van der Waals surface area contributed by atoms with E-state index in [1.165, 1.54) is 11.9 Å². The number of anilines is 1. The van der Waals surface area contributed by atoms with E-state index in [1.807, 2.05) is 60.7 Å². The molecule has 2 aromatic carbocycles. The van der Waals surface area contributed by atoms with Crippen molar-refractivity contribution in [3.8, 4) is 0 Å². The molecule has 2 aromatic rings. The zero-order valence-electron chi connectivity index (χ0n) is 9.73. The average molecular weight is 255 g/mol. The zero-order valence-corrected chi connectivity index (χ0v) is 10.5. The Balaban J connectivity index is 2.00. The first-order chi connectivity index (χ1) is 8.86. The lowest BCUT2D eigenvalue weighted by Gasteiger charge is -2.24. The van der Waals surface area contributed by atoms with Gasteiger partial charge < -0.3 is 5.73 Å². The second kappa shape index (κ2) is 4.84. The van der Waals surface area contributed by atoms with Crippen molar-refractivity contribution >= 4 is 23.5 Å². The summed E-state index contributed by atoms with van der Waals surface area (Å²) in [5, 5.41) is 0. The first kappa shape index (κ1) is 11.3. The van der Waals surface area contributed by atoms with E-state index in [0.29, 0.717) is 0 Å². The Hall–Kier alpha value is -1.78. The first-order valence-electron chi connectivity index (χ1n) is 5.75. The van der Waals surface area contributed by atoms with Crippen molar-refractivity contribution in [3.05, 3.63) is 66.2 Å². The molecule has 90 valence electrons. The highest BCUT2D eigenvalue weighted by Crippen LogP contribution is 2.30. The predicted molar refractivity (Wildman–Crippen MR) is 77.5 cm³/mol. The van der Waals surface area contributed by atoms with E-state index in [0.717, 1.165) is 17.1 Å². The molecule has 1 unspecified atom stereocenters. The van der Waals surface area contributed by atoms with Crippen LogP contribution in [0.1, 0.15) is 5.56 Å². The lowest BCUT2D eigenvalue weighted by atomic mass is 10.2. The van der Waals surface area contributed by atoms with Gasteiger partial charge in [-0.2, -0.15) is 4.40 Å². The summed E-state index contributed by atoms with van der Waals surface area (Å²) in [6.07, 6.45) is 0. The third kappa shape index (κ3) is 2.00. The minimum atomic E-state index is -0.164. The molecule has 0 aliphatic carbocycles. The van der Waals surface area contributed by atoms with Gasteiger partial charge in [-0.3, -0.25) is 4.90 Å². The van der Waals surface area contributed by atoms with Gasteiger partial charge >= 0.3 is 0 Å². The lowest BCUT2D eigenvalue weighted by Crippen LogP contribution is -2.40. The predicted octanol–water partition coefficient (Wildman–Crippen LogP) is 2.84. The van der Waals surface area contributed by atoms with Crippen LogP contribution < -0.4 is 10.6 Å². The average Bonchev–Trinajstić information content (AvgIpc) is 2.83. The molecule has 0 saturated carbocycles. The number of hydrogen-bond acceptors (Lipinski definition) is 4. The number of amidine groups is 1. The van der Waals surface area contributed by atoms with Crippen LogP contribution in [0.4, 0.5) is 5.69 Å². The Labute approximate surface area is 110 Å². The molecular formula is C14H13N3S. The quantitative estimate of drug-likeness (QED) is 0.839. The molecule has 18 heavy (non-hydrogen) atoms. The van der Waals surface area contributed by atoms with Crippen LogP contribution in [0.15, 0.2) is 65.1 Å². The van der Waals surface area contributed by atoms with E-state index >= 15 is 0 Å². The highest BCUT2D eigenvalue weighted by atomic mass is 32.2. The second-order valence-electron chi connectivity index (χ2n) is 3.98. The van der Waals surface area contributed by atoms with Crippen LogP contribution in [-0.4, -0.2) is 11.3 Å². The summed E-state index contributed by atoms with van der Waals surface area (Å²) in [6.45, 7) is 0. The summed E-state index contributed by atoms with van der Waals surface area (Å²) in [6, 6.07) is 20.2. The highest BCUT2D eigenvalue weighted by Gasteiger charge is 2.27. The van der Waals surface area contributed by atoms with E-state index < -0.39 is 0 Å². The smallest absolute Gasteiger partial charge is 0.153 e. The summed E-state index contributed by atoms with van der Waals surface area (Å²) in [7, 11) is 0. The molecule has 1 atom stereocenters. The summed E-state index contributed by atoms with van der Waals surface area (Å²) >= 11 is 1.39. The fourth-order valence-electron chi connectivity index (χ4n) is 1.95. The molecule has 3 rings (SSSR count). The van der Waals surface area contributed by atoms with Crippen LogP contribution in [0.5, 0.6) is 0 Å². The second-order valence-corrected chi connectivity index (χ2v) is 4.86. The van der Waals surface area contributed by atoms with Crippen LogP contribution in [0, 0.1) is 0 Å². The van der Waals surface area contributed by atoms with Crippen molar-refractivity contribution in [2.24, 2.45) is 10.1 Å². The number of rotatable bonds is 2. The molecule has 0 amide bonds. The van der Waals surface area contributed by atoms with Crippen LogP contribution in [-0.2, 0) is 0 Å². The van der Waals surface area contributed by atoms with Crippen LogP contribution in [0.3, 0.4) is 0 Å². The van der Waals surface area contributed by atoms with Crippen molar-refractivity contribution in [1.29, 1.82) is 0 Å². The minimum absolute atomic E-state index is 0.164. The van der Waals surface area contributed by atoms with Crippen LogP contribution in [0.2, 0.25) is 0 Å². The third-order valence-corrected chi connectivity index (χ3v) is 3.50.